The molecule has 0 radical (unpaired) electrons. The van der Waals surface area contributed by atoms with E-state index in [9.17, 15) is 14.0 Å². The number of esters is 1. The number of pyridine rings is 1. The normalized spacial score (nSPS) is 10.3. The quantitative estimate of drug-likeness (QED) is 0.563. The van der Waals surface area contributed by atoms with E-state index >= 15 is 0 Å². The fourth-order valence-corrected chi connectivity index (χ4v) is 1.74. The molecule has 6 nitrogen and oxygen atoms in total. The van der Waals surface area contributed by atoms with Crippen LogP contribution < -0.4 is 0 Å². The Morgan fingerprint density at radius 1 is 1.48 bits per heavy atom. The van der Waals surface area contributed by atoms with E-state index in [1.807, 2.05) is 0 Å². The van der Waals surface area contributed by atoms with Crippen LogP contribution in [0.4, 0.5) is 4.39 Å². The topological polar surface area (TPSA) is 68.7 Å². The summed E-state index contributed by atoms with van der Waals surface area (Å²) >= 11 is 5.79. The van der Waals surface area contributed by atoms with E-state index in [4.69, 9.17) is 21.1 Å². The summed E-state index contributed by atoms with van der Waals surface area (Å²) in [7, 11) is 1.46. The first kappa shape index (κ1) is 17.3. The molecule has 0 aliphatic rings. The molecule has 0 fully saturated rings. The van der Waals surface area contributed by atoms with Crippen molar-refractivity contribution < 1.29 is 23.5 Å². The largest absolute Gasteiger partial charge is 0.465 e. The van der Waals surface area contributed by atoms with Crippen LogP contribution in [0.1, 0.15) is 17.3 Å². The summed E-state index contributed by atoms with van der Waals surface area (Å²) in [6.07, 6.45) is 0.907. The summed E-state index contributed by atoms with van der Waals surface area (Å²) in [5.74, 6) is -1.87. The Balaban J connectivity index is 2.92. The number of halogens is 2. The highest BCUT2D eigenvalue weighted by Crippen LogP contribution is 2.16. The predicted molar refractivity (Wildman–Crippen MR) is 73.6 cm³/mol. The van der Waals surface area contributed by atoms with Gasteiger partial charge in [-0.3, -0.25) is 9.59 Å². The minimum atomic E-state index is -0.689. The van der Waals surface area contributed by atoms with E-state index in [2.05, 4.69) is 4.98 Å². The van der Waals surface area contributed by atoms with Gasteiger partial charge >= 0.3 is 5.97 Å². The average Bonchev–Trinajstić information content (AvgIpc) is 2.45. The fraction of sp³-hybridized carbons (Fsp3) is 0.462. The average molecular weight is 319 g/mol. The van der Waals surface area contributed by atoms with Crippen LogP contribution in [-0.2, 0) is 14.3 Å². The lowest BCUT2D eigenvalue weighted by atomic mass is 10.2. The molecule has 0 spiro atoms. The number of carbonyl (C=O) groups excluding carboxylic acids is 2. The first-order valence-corrected chi connectivity index (χ1v) is 6.62. The Morgan fingerprint density at radius 2 is 2.19 bits per heavy atom. The maximum absolute atomic E-state index is 13.2. The zero-order chi connectivity index (χ0) is 15.8. The van der Waals surface area contributed by atoms with Crippen molar-refractivity contribution in [1.29, 1.82) is 0 Å². The van der Waals surface area contributed by atoms with Gasteiger partial charge in [0.05, 0.1) is 25.0 Å². The number of amides is 1. The van der Waals surface area contributed by atoms with E-state index < -0.39 is 17.7 Å². The number of carbonyl (C=O) groups is 2. The fourth-order valence-electron chi connectivity index (χ4n) is 1.56. The number of nitrogens with zero attached hydrogens (tertiary/aromatic N) is 2. The standard InChI is InChI=1S/C13H16ClFN2O4/c1-3-21-11(18)8-17(4-5-20-2)13(19)10-6-9(15)7-16-12(10)14/h6-7H,3-5,8H2,1-2H3. The van der Waals surface area contributed by atoms with E-state index in [0.717, 1.165) is 12.3 Å². The molecule has 1 rings (SSSR count). The number of hydrogen-bond donors (Lipinski definition) is 0. The molecule has 0 unspecified atom stereocenters. The Bertz CT molecular complexity index is 513. The second-order valence-electron chi connectivity index (χ2n) is 4.02. The lowest BCUT2D eigenvalue weighted by Gasteiger charge is -2.21. The molecule has 0 N–H and O–H groups in total. The molecule has 1 amide bonds. The molecule has 0 aliphatic heterocycles. The molecule has 0 saturated carbocycles. The van der Waals surface area contributed by atoms with Crippen LogP contribution in [-0.4, -0.2) is 55.2 Å². The molecule has 116 valence electrons. The van der Waals surface area contributed by atoms with Gasteiger partial charge in [-0.05, 0) is 13.0 Å². The molecule has 0 atom stereocenters. The van der Waals surface area contributed by atoms with Gasteiger partial charge < -0.3 is 14.4 Å². The van der Waals surface area contributed by atoms with Crippen molar-refractivity contribution in [2.45, 2.75) is 6.92 Å². The van der Waals surface area contributed by atoms with Crippen LogP contribution in [0.3, 0.4) is 0 Å². The van der Waals surface area contributed by atoms with Crippen LogP contribution in [0.25, 0.3) is 0 Å². The zero-order valence-electron chi connectivity index (χ0n) is 11.8. The van der Waals surface area contributed by atoms with Gasteiger partial charge in [-0.25, -0.2) is 9.37 Å². The van der Waals surface area contributed by atoms with Gasteiger partial charge in [0.15, 0.2) is 0 Å². The number of rotatable bonds is 7. The Hall–Kier alpha value is -1.73. The third-order valence-electron chi connectivity index (χ3n) is 2.51. The van der Waals surface area contributed by atoms with Crippen molar-refractivity contribution in [2.75, 3.05) is 33.4 Å². The lowest BCUT2D eigenvalue weighted by molar-refractivity contribution is -0.143. The van der Waals surface area contributed by atoms with Gasteiger partial charge in [0.2, 0.25) is 0 Å². The first-order chi connectivity index (χ1) is 9.99. The van der Waals surface area contributed by atoms with E-state index in [-0.39, 0.29) is 37.0 Å². The summed E-state index contributed by atoms with van der Waals surface area (Å²) in [6.45, 7) is 1.94. The van der Waals surface area contributed by atoms with Crippen molar-refractivity contribution in [3.63, 3.8) is 0 Å². The molecule has 1 aromatic rings. The van der Waals surface area contributed by atoms with Gasteiger partial charge in [-0.2, -0.15) is 0 Å². The van der Waals surface area contributed by atoms with Crippen molar-refractivity contribution in [3.05, 3.63) is 28.8 Å². The van der Waals surface area contributed by atoms with Crippen molar-refractivity contribution >= 4 is 23.5 Å². The summed E-state index contributed by atoms with van der Waals surface area (Å²) in [5.41, 5.74) is -0.114. The molecule has 0 bridgehead atoms. The Labute approximate surface area is 126 Å². The minimum Gasteiger partial charge on any atom is -0.465 e. The third-order valence-corrected chi connectivity index (χ3v) is 2.82. The van der Waals surface area contributed by atoms with Gasteiger partial charge in [0.1, 0.15) is 17.5 Å². The van der Waals surface area contributed by atoms with Gasteiger partial charge in [-0.1, -0.05) is 11.6 Å². The molecule has 8 heteroatoms. The maximum atomic E-state index is 13.2. The molecule has 0 aliphatic carbocycles. The monoisotopic (exact) mass is 318 g/mol. The van der Waals surface area contributed by atoms with Crippen LogP contribution in [0, 0.1) is 5.82 Å². The Morgan fingerprint density at radius 3 is 2.81 bits per heavy atom. The number of ether oxygens (including phenoxy) is 2. The zero-order valence-corrected chi connectivity index (χ0v) is 12.5. The number of hydrogen-bond acceptors (Lipinski definition) is 5. The van der Waals surface area contributed by atoms with Gasteiger partial charge in [0.25, 0.3) is 5.91 Å². The molecule has 0 saturated heterocycles. The van der Waals surface area contributed by atoms with Gasteiger partial charge in [-0.15, -0.1) is 0 Å². The predicted octanol–water partition coefficient (Wildman–Crippen LogP) is 1.53. The highest BCUT2D eigenvalue weighted by molar-refractivity contribution is 6.32. The molecular formula is C13H16ClFN2O4. The third kappa shape index (κ3) is 5.28. The molecular weight excluding hydrogens is 303 g/mol. The van der Waals surface area contributed by atoms with Crippen molar-refractivity contribution in [3.8, 4) is 0 Å². The SMILES string of the molecule is CCOC(=O)CN(CCOC)C(=O)c1cc(F)cnc1Cl. The second-order valence-corrected chi connectivity index (χ2v) is 4.37. The van der Waals surface area contributed by atoms with Gasteiger partial charge in [0, 0.05) is 13.7 Å². The van der Waals surface area contributed by atoms with Crippen molar-refractivity contribution in [1.82, 2.24) is 9.88 Å². The Kier molecular flexibility index (Phi) is 7.04. The highest BCUT2D eigenvalue weighted by Gasteiger charge is 2.22. The molecule has 0 aromatic carbocycles. The van der Waals surface area contributed by atoms with Crippen LogP contribution in [0.15, 0.2) is 12.3 Å². The van der Waals surface area contributed by atoms with Crippen LogP contribution in [0.2, 0.25) is 5.15 Å². The van der Waals surface area contributed by atoms with E-state index in [0.29, 0.717) is 0 Å². The second kappa shape index (κ2) is 8.53. The smallest absolute Gasteiger partial charge is 0.325 e. The number of methoxy groups -OCH3 is 1. The first-order valence-electron chi connectivity index (χ1n) is 6.24. The molecule has 1 aromatic heterocycles. The molecule has 21 heavy (non-hydrogen) atoms. The summed E-state index contributed by atoms with van der Waals surface area (Å²) in [5, 5.41) is -0.132. The van der Waals surface area contributed by atoms with Crippen LogP contribution >= 0.6 is 11.6 Å². The summed E-state index contributed by atoms with van der Waals surface area (Å²) in [6, 6.07) is 0.975. The summed E-state index contributed by atoms with van der Waals surface area (Å²) in [4.78, 5) is 28.6. The highest BCUT2D eigenvalue weighted by atomic mass is 35.5. The summed E-state index contributed by atoms with van der Waals surface area (Å²) < 4.78 is 22.9. The van der Waals surface area contributed by atoms with E-state index in [1.54, 1.807) is 6.92 Å². The van der Waals surface area contributed by atoms with Crippen molar-refractivity contribution in [2.24, 2.45) is 0 Å². The van der Waals surface area contributed by atoms with E-state index in [1.165, 1.54) is 12.0 Å². The lowest BCUT2D eigenvalue weighted by Crippen LogP contribution is -2.39. The maximum Gasteiger partial charge on any atom is 0.325 e. The van der Waals surface area contributed by atoms with Crippen LogP contribution in [0.5, 0.6) is 0 Å². The number of aromatic nitrogens is 1. The molecule has 1 heterocycles. The minimum absolute atomic E-state index is 0.114.